The fourth-order valence-electron chi connectivity index (χ4n) is 2.69. The highest BCUT2D eigenvalue weighted by molar-refractivity contribution is 5.99. The minimum absolute atomic E-state index is 0.304. The van der Waals surface area contributed by atoms with Gasteiger partial charge in [0.1, 0.15) is 12.6 Å². The maximum Gasteiger partial charge on any atom is 0.266 e. The van der Waals surface area contributed by atoms with Crippen LogP contribution in [0.15, 0.2) is 37.4 Å². The van der Waals surface area contributed by atoms with Gasteiger partial charge in [-0.25, -0.2) is 5.48 Å². The van der Waals surface area contributed by atoms with Crippen LogP contribution in [0.1, 0.15) is 22.3 Å². The molecule has 1 aliphatic rings. The first-order valence-corrected chi connectivity index (χ1v) is 7.87. The molecule has 0 saturated carbocycles. The minimum atomic E-state index is -0.664. The largest absolute Gasteiger partial charge is 0.493 e. The first-order chi connectivity index (χ1) is 12.1. The molecule has 2 amide bonds. The Balaban J connectivity index is 2.35. The fraction of sp³-hybridized carbons (Fsp3) is 0.333. The lowest BCUT2D eigenvalue weighted by atomic mass is 9.98. The van der Waals surface area contributed by atoms with E-state index in [1.54, 1.807) is 29.8 Å². The highest BCUT2D eigenvalue weighted by atomic mass is 16.5. The number of hydrogen-bond donors (Lipinski definition) is 2. The van der Waals surface area contributed by atoms with Crippen molar-refractivity contribution in [3.05, 3.63) is 48.6 Å². The summed E-state index contributed by atoms with van der Waals surface area (Å²) in [5.41, 5.74) is 2.73. The average molecular weight is 346 g/mol. The molecule has 1 aromatic rings. The topological polar surface area (TPSA) is 88.1 Å². The summed E-state index contributed by atoms with van der Waals surface area (Å²) in [6.45, 7) is 8.10. The van der Waals surface area contributed by atoms with Gasteiger partial charge in [-0.05, 0) is 25.0 Å². The number of ether oxygens (including phenoxy) is 2. The molecule has 0 bridgehead atoms. The number of carbonyl (C=O) groups excluding carboxylic acids is 2. The molecule has 0 aliphatic carbocycles. The van der Waals surface area contributed by atoms with Crippen LogP contribution in [-0.2, 0) is 11.2 Å². The van der Waals surface area contributed by atoms with Crippen LogP contribution in [0.2, 0.25) is 0 Å². The van der Waals surface area contributed by atoms with Crippen LogP contribution in [-0.4, -0.2) is 48.2 Å². The normalized spacial score (nSPS) is 15.8. The van der Waals surface area contributed by atoms with Crippen molar-refractivity contribution in [3.63, 3.8) is 0 Å². The van der Waals surface area contributed by atoms with Crippen LogP contribution in [0.3, 0.4) is 0 Å². The number of amides is 2. The SMILES string of the molecule is C=CCOc1c(CC=C)cc(C(=O)N2CCC2C(=O)NO)cc1OC. The monoisotopic (exact) mass is 346 g/mol. The van der Waals surface area contributed by atoms with Crippen molar-refractivity contribution in [2.75, 3.05) is 20.3 Å². The van der Waals surface area contributed by atoms with Gasteiger partial charge >= 0.3 is 0 Å². The second-order valence-corrected chi connectivity index (χ2v) is 5.54. The van der Waals surface area contributed by atoms with Crippen molar-refractivity contribution in [1.82, 2.24) is 10.4 Å². The summed E-state index contributed by atoms with van der Waals surface area (Å²) in [6, 6.07) is 2.62. The number of rotatable bonds is 8. The Morgan fingerprint density at radius 2 is 2.16 bits per heavy atom. The Kier molecular flexibility index (Phi) is 6.19. The van der Waals surface area contributed by atoms with Crippen LogP contribution in [0.25, 0.3) is 0 Å². The number of nitrogens with one attached hydrogen (secondary N) is 1. The highest BCUT2D eigenvalue weighted by Gasteiger charge is 2.38. The number of benzene rings is 1. The summed E-state index contributed by atoms with van der Waals surface area (Å²) in [5.74, 6) is 0.0582. The zero-order valence-corrected chi connectivity index (χ0v) is 14.2. The molecule has 7 nitrogen and oxygen atoms in total. The third-order valence-corrected chi connectivity index (χ3v) is 4.00. The fourth-order valence-corrected chi connectivity index (χ4v) is 2.69. The second-order valence-electron chi connectivity index (χ2n) is 5.54. The van der Waals surface area contributed by atoms with Crippen molar-refractivity contribution in [1.29, 1.82) is 0 Å². The van der Waals surface area contributed by atoms with Gasteiger partial charge < -0.3 is 14.4 Å². The summed E-state index contributed by atoms with van der Waals surface area (Å²) in [5, 5.41) is 8.76. The number of likely N-dealkylation sites (tertiary alicyclic amines) is 1. The van der Waals surface area contributed by atoms with E-state index in [0.29, 0.717) is 43.1 Å². The van der Waals surface area contributed by atoms with Gasteiger partial charge in [-0.3, -0.25) is 14.8 Å². The molecule has 25 heavy (non-hydrogen) atoms. The maximum atomic E-state index is 12.7. The zero-order valence-electron chi connectivity index (χ0n) is 14.2. The number of allylic oxidation sites excluding steroid dienone is 1. The molecule has 0 radical (unpaired) electrons. The van der Waals surface area contributed by atoms with Crippen molar-refractivity contribution < 1.29 is 24.3 Å². The Hall–Kier alpha value is -2.80. The molecule has 7 heteroatoms. The smallest absolute Gasteiger partial charge is 0.266 e. The van der Waals surface area contributed by atoms with Gasteiger partial charge in [0.05, 0.1) is 7.11 Å². The van der Waals surface area contributed by atoms with Crippen molar-refractivity contribution in [2.45, 2.75) is 18.9 Å². The molecular formula is C18H22N2O5. The molecule has 1 saturated heterocycles. The Morgan fingerprint density at radius 1 is 1.40 bits per heavy atom. The van der Waals surface area contributed by atoms with E-state index in [2.05, 4.69) is 13.2 Å². The van der Waals surface area contributed by atoms with Crippen molar-refractivity contribution in [3.8, 4) is 11.5 Å². The average Bonchev–Trinajstić information content (AvgIpc) is 2.59. The zero-order chi connectivity index (χ0) is 18.4. The Labute approximate surface area is 146 Å². The third-order valence-electron chi connectivity index (χ3n) is 4.00. The molecule has 2 rings (SSSR count). The number of hydrogen-bond acceptors (Lipinski definition) is 5. The van der Waals surface area contributed by atoms with Gasteiger partial charge in [0.25, 0.3) is 11.8 Å². The Morgan fingerprint density at radius 3 is 2.68 bits per heavy atom. The quantitative estimate of drug-likeness (QED) is 0.425. The lowest BCUT2D eigenvalue weighted by Gasteiger charge is -2.39. The van der Waals surface area contributed by atoms with Crippen LogP contribution in [0, 0.1) is 0 Å². The molecule has 1 atom stereocenters. The molecule has 1 fully saturated rings. The van der Waals surface area contributed by atoms with E-state index < -0.39 is 11.9 Å². The van der Waals surface area contributed by atoms with Gasteiger partial charge in [0.2, 0.25) is 0 Å². The number of hydroxylamine groups is 1. The maximum absolute atomic E-state index is 12.7. The number of nitrogens with zero attached hydrogens (tertiary/aromatic N) is 1. The molecule has 1 heterocycles. The van der Waals surface area contributed by atoms with E-state index >= 15 is 0 Å². The van der Waals surface area contributed by atoms with E-state index in [4.69, 9.17) is 14.7 Å². The van der Waals surface area contributed by atoms with Gasteiger partial charge in [-0.2, -0.15) is 0 Å². The number of carbonyl (C=O) groups is 2. The van der Waals surface area contributed by atoms with E-state index in [0.717, 1.165) is 5.56 Å². The van der Waals surface area contributed by atoms with Gasteiger partial charge in [-0.1, -0.05) is 18.7 Å². The number of methoxy groups -OCH3 is 1. The third kappa shape index (κ3) is 3.83. The van der Waals surface area contributed by atoms with Gasteiger partial charge in [0, 0.05) is 17.7 Å². The molecule has 134 valence electrons. The van der Waals surface area contributed by atoms with E-state index in [1.165, 1.54) is 12.0 Å². The highest BCUT2D eigenvalue weighted by Crippen LogP contribution is 2.35. The predicted octanol–water partition coefficient (Wildman–Crippen LogP) is 1.71. The summed E-state index contributed by atoms with van der Waals surface area (Å²) in [4.78, 5) is 25.7. The molecular weight excluding hydrogens is 324 g/mol. The van der Waals surface area contributed by atoms with E-state index in [1.807, 2.05) is 0 Å². The van der Waals surface area contributed by atoms with Gasteiger partial charge in [0.15, 0.2) is 11.5 Å². The van der Waals surface area contributed by atoms with E-state index in [9.17, 15) is 9.59 Å². The molecule has 1 aromatic carbocycles. The standard InChI is InChI=1S/C18H22N2O5/c1-4-6-12-10-13(11-15(24-3)16(12)25-9-5-2)18(22)20-8-7-14(20)17(21)19-23/h4-5,10-11,14,23H,1-2,6-9H2,3H3,(H,19,21). The molecule has 2 N–H and O–H groups in total. The molecule has 0 spiro atoms. The van der Waals surface area contributed by atoms with E-state index in [-0.39, 0.29) is 5.91 Å². The van der Waals surface area contributed by atoms with Crippen LogP contribution in [0.4, 0.5) is 0 Å². The van der Waals surface area contributed by atoms with Crippen molar-refractivity contribution in [2.24, 2.45) is 0 Å². The van der Waals surface area contributed by atoms with Gasteiger partial charge in [-0.15, -0.1) is 6.58 Å². The minimum Gasteiger partial charge on any atom is -0.493 e. The van der Waals surface area contributed by atoms with Crippen LogP contribution >= 0.6 is 0 Å². The van der Waals surface area contributed by atoms with Crippen LogP contribution in [0.5, 0.6) is 11.5 Å². The summed E-state index contributed by atoms with van der Waals surface area (Å²) >= 11 is 0. The summed E-state index contributed by atoms with van der Waals surface area (Å²) < 4.78 is 11.0. The first kappa shape index (κ1) is 18.5. The lowest BCUT2D eigenvalue weighted by molar-refractivity contribution is -0.137. The summed E-state index contributed by atoms with van der Waals surface area (Å²) in [6.07, 6.45) is 4.32. The summed E-state index contributed by atoms with van der Waals surface area (Å²) in [7, 11) is 1.49. The second kappa shape index (κ2) is 8.34. The molecule has 1 aliphatic heterocycles. The van der Waals surface area contributed by atoms with Crippen molar-refractivity contribution >= 4 is 11.8 Å². The molecule has 1 unspecified atom stereocenters. The van der Waals surface area contributed by atoms with Crippen LogP contribution < -0.4 is 15.0 Å². The Bertz CT molecular complexity index is 686. The first-order valence-electron chi connectivity index (χ1n) is 7.87. The predicted molar refractivity (Wildman–Crippen MR) is 92.0 cm³/mol. The lowest BCUT2D eigenvalue weighted by Crippen LogP contribution is -2.57. The molecule has 0 aromatic heterocycles.